The minimum atomic E-state index is 0.586. The number of hydrogen-bond donors (Lipinski definition) is 1. The first-order valence-corrected chi connectivity index (χ1v) is 7.19. The molecule has 1 rings (SSSR count). The second-order valence-electron chi connectivity index (χ2n) is 5.38. The quantitative estimate of drug-likeness (QED) is 0.556. The van der Waals surface area contributed by atoms with Gasteiger partial charge in [-0.1, -0.05) is 19.9 Å². The van der Waals surface area contributed by atoms with Gasteiger partial charge in [-0.15, -0.1) is 0 Å². The predicted octanol–water partition coefficient (Wildman–Crippen LogP) is 2.91. The highest BCUT2D eigenvalue weighted by Gasteiger charge is 2.06. The zero-order valence-corrected chi connectivity index (χ0v) is 12.5. The molecule has 0 bridgehead atoms. The largest absolute Gasteiger partial charge is 0.493 e. The lowest BCUT2D eigenvalue weighted by Crippen LogP contribution is -2.30. The summed E-state index contributed by atoms with van der Waals surface area (Å²) in [5.74, 6) is 1.43. The molecule has 4 nitrogen and oxygen atoms in total. The molecular weight excluding hydrogens is 250 g/mol. The van der Waals surface area contributed by atoms with Gasteiger partial charge in [0.05, 0.1) is 12.7 Å². The smallest absolute Gasteiger partial charge is 0.121 e. The molecule has 0 atom stereocenters. The van der Waals surface area contributed by atoms with Crippen LogP contribution in [0.25, 0.3) is 0 Å². The average molecular weight is 275 g/mol. The van der Waals surface area contributed by atoms with Gasteiger partial charge in [0.1, 0.15) is 5.75 Å². The highest BCUT2D eigenvalue weighted by molar-refractivity contribution is 5.43. The number of anilines is 1. The molecule has 0 spiro atoms. The lowest BCUT2D eigenvalue weighted by atomic mass is 10.2. The lowest BCUT2D eigenvalue weighted by molar-refractivity contribution is 0.219. The molecule has 0 heterocycles. The standard InChI is InChI=1S/C16H25N3O/c1-14(2)13-19(9-4-8-17)10-5-11-20-16-7-3-6-15(18)12-16/h3,6-7,12,14H,4-5,9-11,13,18H2,1-2H3. The number of hydrogen-bond acceptors (Lipinski definition) is 4. The number of nitrogens with two attached hydrogens (primary N) is 1. The van der Waals surface area contributed by atoms with Crippen molar-refractivity contribution in [3.05, 3.63) is 24.3 Å². The molecule has 0 aliphatic heterocycles. The fourth-order valence-electron chi connectivity index (χ4n) is 2.10. The van der Waals surface area contributed by atoms with Gasteiger partial charge in [0.15, 0.2) is 0 Å². The third-order valence-corrected chi connectivity index (χ3v) is 2.91. The molecule has 0 fully saturated rings. The molecule has 0 aliphatic carbocycles. The van der Waals surface area contributed by atoms with Crippen LogP contribution in [0, 0.1) is 17.2 Å². The van der Waals surface area contributed by atoms with Crippen LogP contribution in [-0.4, -0.2) is 31.1 Å². The Morgan fingerprint density at radius 3 is 2.80 bits per heavy atom. The van der Waals surface area contributed by atoms with Crippen LogP contribution >= 0.6 is 0 Å². The summed E-state index contributed by atoms with van der Waals surface area (Å²) in [6.07, 6.45) is 1.54. The number of nitrogen functional groups attached to an aromatic ring is 1. The number of rotatable bonds is 9. The molecule has 0 aliphatic rings. The van der Waals surface area contributed by atoms with E-state index >= 15 is 0 Å². The zero-order chi connectivity index (χ0) is 14.8. The highest BCUT2D eigenvalue weighted by Crippen LogP contribution is 2.14. The monoisotopic (exact) mass is 275 g/mol. The predicted molar refractivity (Wildman–Crippen MR) is 82.5 cm³/mol. The fraction of sp³-hybridized carbons (Fsp3) is 0.562. The molecule has 0 aromatic heterocycles. The Labute approximate surface area is 122 Å². The molecule has 0 saturated heterocycles. The van der Waals surface area contributed by atoms with Crippen LogP contribution in [0.3, 0.4) is 0 Å². The van der Waals surface area contributed by atoms with Crippen LogP contribution in [0.2, 0.25) is 0 Å². The normalized spacial score (nSPS) is 10.8. The van der Waals surface area contributed by atoms with Gasteiger partial charge in [-0.3, -0.25) is 0 Å². The molecule has 0 unspecified atom stereocenters. The van der Waals surface area contributed by atoms with Crippen LogP contribution in [0.4, 0.5) is 5.69 Å². The number of ether oxygens (including phenoxy) is 1. The average Bonchev–Trinajstić information content (AvgIpc) is 2.40. The van der Waals surface area contributed by atoms with Crippen molar-refractivity contribution in [3.8, 4) is 11.8 Å². The minimum absolute atomic E-state index is 0.586. The molecule has 1 aromatic carbocycles. The summed E-state index contributed by atoms with van der Waals surface area (Å²) < 4.78 is 5.68. The van der Waals surface area contributed by atoms with Crippen molar-refractivity contribution in [2.45, 2.75) is 26.7 Å². The summed E-state index contributed by atoms with van der Waals surface area (Å²) in [5, 5.41) is 8.68. The Hall–Kier alpha value is -1.73. The Balaban J connectivity index is 2.27. The summed E-state index contributed by atoms with van der Waals surface area (Å²) in [5.41, 5.74) is 6.42. The van der Waals surface area contributed by atoms with E-state index in [9.17, 15) is 0 Å². The third-order valence-electron chi connectivity index (χ3n) is 2.91. The summed E-state index contributed by atoms with van der Waals surface area (Å²) in [6.45, 7) is 7.89. The van der Waals surface area contributed by atoms with Gasteiger partial charge >= 0.3 is 0 Å². The maximum atomic E-state index is 8.68. The third kappa shape index (κ3) is 7.01. The second-order valence-corrected chi connectivity index (χ2v) is 5.38. The van der Waals surface area contributed by atoms with Crippen molar-refractivity contribution >= 4 is 5.69 Å². The first-order valence-electron chi connectivity index (χ1n) is 7.19. The second kappa shape index (κ2) is 9.22. The maximum absolute atomic E-state index is 8.68. The molecule has 0 saturated carbocycles. The Kier molecular flexibility index (Phi) is 7.52. The molecule has 1 aromatic rings. The molecular formula is C16H25N3O. The van der Waals surface area contributed by atoms with Crippen LogP contribution < -0.4 is 10.5 Å². The van der Waals surface area contributed by atoms with Crippen molar-refractivity contribution in [2.75, 3.05) is 32.0 Å². The lowest BCUT2D eigenvalue weighted by Gasteiger charge is -2.23. The maximum Gasteiger partial charge on any atom is 0.121 e. The molecule has 20 heavy (non-hydrogen) atoms. The molecule has 110 valence electrons. The Bertz CT molecular complexity index is 426. The van der Waals surface area contributed by atoms with Crippen molar-refractivity contribution in [1.82, 2.24) is 4.90 Å². The highest BCUT2D eigenvalue weighted by atomic mass is 16.5. The van der Waals surface area contributed by atoms with E-state index in [0.717, 1.165) is 37.5 Å². The van der Waals surface area contributed by atoms with E-state index in [2.05, 4.69) is 24.8 Å². The van der Waals surface area contributed by atoms with Crippen molar-refractivity contribution < 1.29 is 4.74 Å². The van der Waals surface area contributed by atoms with E-state index in [-0.39, 0.29) is 0 Å². The van der Waals surface area contributed by atoms with Gasteiger partial charge in [0, 0.05) is 37.8 Å². The van der Waals surface area contributed by atoms with E-state index in [4.69, 9.17) is 15.7 Å². The summed E-state index contributed by atoms with van der Waals surface area (Å²) in [6, 6.07) is 9.69. The van der Waals surface area contributed by atoms with E-state index in [1.807, 2.05) is 24.3 Å². The van der Waals surface area contributed by atoms with E-state index in [0.29, 0.717) is 18.9 Å². The van der Waals surface area contributed by atoms with Crippen molar-refractivity contribution in [1.29, 1.82) is 5.26 Å². The number of nitrogens with zero attached hydrogens (tertiary/aromatic N) is 2. The molecule has 0 radical (unpaired) electrons. The van der Waals surface area contributed by atoms with E-state index in [1.54, 1.807) is 0 Å². The SMILES string of the molecule is CC(C)CN(CCC#N)CCCOc1cccc(N)c1. The first kappa shape index (κ1) is 16.3. The van der Waals surface area contributed by atoms with Crippen LogP contribution in [0.5, 0.6) is 5.75 Å². The molecule has 2 N–H and O–H groups in total. The Morgan fingerprint density at radius 2 is 2.15 bits per heavy atom. The molecule has 4 heteroatoms. The van der Waals surface area contributed by atoms with Crippen LogP contribution in [-0.2, 0) is 0 Å². The molecule has 0 amide bonds. The van der Waals surface area contributed by atoms with Gasteiger partial charge in [0.2, 0.25) is 0 Å². The fourth-order valence-corrected chi connectivity index (χ4v) is 2.10. The van der Waals surface area contributed by atoms with Crippen LogP contribution in [0.1, 0.15) is 26.7 Å². The Morgan fingerprint density at radius 1 is 1.35 bits per heavy atom. The number of nitriles is 1. The zero-order valence-electron chi connectivity index (χ0n) is 12.5. The van der Waals surface area contributed by atoms with Crippen molar-refractivity contribution in [3.63, 3.8) is 0 Å². The first-order chi connectivity index (χ1) is 9.61. The van der Waals surface area contributed by atoms with E-state index < -0.39 is 0 Å². The summed E-state index contributed by atoms with van der Waals surface area (Å²) >= 11 is 0. The minimum Gasteiger partial charge on any atom is -0.493 e. The van der Waals surface area contributed by atoms with E-state index in [1.165, 1.54) is 0 Å². The van der Waals surface area contributed by atoms with Gasteiger partial charge < -0.3 is 15.4 Å². The number of benzene rings is 1. The van der Waals surface area contributed by atoms with Gasteiger partial charge in [-0.05, 0) is 24.5 Å². The summed E-state index contributed by atoms with van der Waals surface area (Å²) in [4.78, 5) is 2.33. The van der Waals surface area contributed by atoms with Gasteiger partial charge in [-0.25, -0.2) is 0 Å². The topological polar surface area (TPSA) is 62.3 Å². The van der Waals surface area contributed by atoms with Gasteiger partial charge in [-0.2, -0.15) is 5.26 Å². The van der Waals surface area contributed by atoms with Gasteiger partial charge in [0.25, 0.3) is 0 Å². The summed E-state index contributed by atoms with van der Waals surface area (Å²) in [7, 11) is 0. The van der Waals surface area contributed by atoms with Crippen LogP contribution in [0.15, 0.2) is 24.3 Å². The van der Waals surface area contributed by atoms with Crippen molar-refractivity contribution in [2.24, 2.45) is 5.92 Å².